The van der Waals surface area contributed by atoms with Gasteiger partial charge in [0.2, 0.25) is 5.91 Å². The van der Waals surface area contributed by atoms with E-state index in [0.29, 0.717) is 11.4 Å². The van der Waals surface area contributed by atoms with Crippen LogP contribution in [-0.4, -0.2) is 28.6 Å². The van der Waals surface area contributed by atoms with Crippen molar-refractivity contribution in [3.05, 3.63) is 41.7 Å². The van der Waals surface area contributed by atoms with Gasteiger partial charge in [-0.3, -0.25) is 14.3 Å². The van der Waals surface area contributed by atoms with Gasteiger partial charge in [-0.15, -0.1) is 0 Å². The van der Waals surface area contributed by atoms with E-state index in [1.807, 2.05) is 10.7 Å². The smallest absolute Gasteiger partial charge is 0.276 e. The maximum absolute atomic E-state index is 12.6. The summed E-state index contributed by atoms with van der Waals surface area (Å²) in [6.45, 7) is 11.9. The number of hydrogen-bond donors (Lipinski definition) is 1. The van der Waals surface area contributed by atoms with Crippen molar-refractivity contribution in [1.29, 1.82) is 0 Å². The van der Waals surface area contributed by atoms with Crippen LogP contribution in [0.15, 0.2) is 30.3 Å². The van der Waals surface area contributed by atoms with Crippen molar-refractivity contribution in [2.24, 2.45) is 0 Å². The van der Waals surface area contributed by atoms with Gasteiger partial charge in [0.25, 0.3) is 5.91 Å². The van der Waals surface area contributed by atoms with Gasteiger partial charge in [-0.2, -0.15) is 5.10 Å². The summed E-state index contributed by atoms with van der Waals surface area (Å²) < 4.78 is 1.91. The first kappa shape index (κ1) is 19.7. The summed E-state index contributed by atoms with van der Waals surface area (Å²) in [5.74, 6) is -0.0250. The van der Waals surface area contributed by atoms with Gasteiger partial charge < -0.3 is 10.2 Å². The fraction of sp³-hybridized carbons (Fsp3) is 0.450. The summed E-state index contributed by atoms with van der Waals surface area (Å²) in [7, 11) is 1.71. The Kier molecular flexibility index (Phi) is 5.54. The van der Waals surface area contributed by atoms with Crippen molar-refractivity contribution in [2.45, 2.75) is 53.0 Å². The van der Waals surface area contributed by atoms with E-state index in [1.165, 1.54) is 6.92 Å². The second kappa shape index (κ2) is 7.32. The molecule has 0 unspecified atom stereocenters. The standard InChI is InChI=1S/C20H28N4O2/c1-13(2)18-12-17(22-24(18)20(4,5)6)19(26)21-15-8-10-16(11-9-15)23(7)14(3)25/h8-13H,1-7H3,(H,21,26). The van der Waals surface area contributed by atoms with Gasteiger partial charge in [0.1, 0.15) is 0 Å². The summed E-state index contributed by atoms with van der Waals surface area (Å²) in [4.78, 5) is 25.6. The summed E-state index contributed by atoms with van der Waals surface area (Å²) >= 11 is 0. The van der Waals surface area contributed by atoms with E-state index in [-0.39, 0.29) is 23.3 Å². The topological polar surface area (TPSA) is 67.2 Å². The number of carbonyl (C=O) groups is 2. The molecule has 0 atom stereocenters. The molecular weight excluding hydrogens is 328 g/mol. The molecule has 0 bridgehead atoms. The molecule has 1 aromatic carbocycles. The molecule has 26 heavy (non-hydrogen) atoms. The van der Waals surface area contributed by atoms with E-state index in [2.05, 4.69) is 45.0 Å². The number of aromatic nitrogens is 2. The predicted molar refractivity (Wildman–Crippen MR) is 105 cm³/mol. The SMILES string of the molecule is CC(=O)N(C)c1ccc(NC(=O)c2cc(C(C)C)n(C(C)(C)C)n2)cc1. The highest BCUT2D eigenvalue weighted by Crippen LogP contribution is 2.24. The molecule has 1 aromatic heterocycles. The third-order valence-electron chi connectivity index (χ3n) is 4.18. The highest BCUT2D eigenvalue weighted by atomic mass is 16.2. The van der Waals surface area contributed by atoms with Crippen LogP contribution in [0.2, 0.25) is 0 Å². The van der Waals surface area contributed by atoms with E-state index in [1.54, 1.807) is 36.2 Å². The average molecular weight is 356 g/mol. The summed E-state index contributed by atoms with van der Waals surface area (Å²) in [5, 5.41) is 7.39. The summed E-state index contributed by atoms with van der Waals surface area (Å²) in [6, 6.07) is 8.99. The molecule has 6 nitrogen and oxygen atoms in total. The molecule has 0 fully saturated rings. The fourth-order valence-corrected chi connectivity index (χ4v) is 2.60. The van der Waals surface area contributed by atoms with E-state index in [0.717, 1.165) is 11.4 Å². The Hall–Kier alpha value is -2.63. The van der Waals surface area contributed by atoms with Crippen LogP contribution in [0.25, 0.3) is 0 Å². The minimum absolute atomic E-state index is 0.0456. The summed E-state index contributed by atoms with van der Waals surface area (Å²) in [5.41, 5.74) is 2.66. The van der Waals surface area contributed by atoms with Crippen molar-refractivity contribution in [3.8, 4) is 0 Å². The molecule has 0 spiro atoms. The molecule has 0 aliphatic heterocycles. The zero-order chi connectivity index (χ0) is 19.6. The molecule has 0 saturated heterocycles. The van der Waals surface area contributed by atoms with Crippen LogP contribution in [0.3, 0.4) is 0 Å². The first-order chi connectivity index (χ1) is 12.0. The Labute approximate surface area is 155 Å². The highest BCUT2D eigenvalue weighted by molar-refractivity contribution is 6.03. The molecule has 1 heterocycles. The normalized spacial score (nSPS) is 11.5. The lowest BCUT2D eigenvalue weighted by atomic mass is 10.1. The minimum atomic E-state index is -0.248. The Morgan fingerprint density at radius 3 is 2.15 bits per heavy atom. The maximum Gasteiger partial charge on any atom is 0.276 e. The first-order valence-electron chi connectivity index (χ1n) is 8.77. The van der Waals surface area contributed by atoms with E-state index < -0.39 is 0 Å². The van der Waals surface area contributed by atoms with Gasteiger partial charge in [-0.1, -0.05) is 13.8 Å². The van der Waals surface area contributed by atoms with Gasteiger partial charge in [0.05, 0.1) is 5.54 Å². The van der Waals surface area contributed by atoms with Crippen LogP contribution in [0.1, 0.15) is 63.6 Å². The molecular formula is C20H28N4O2. The Morgan fingerprint density at radius 2 is 1.73 bits per heavy atom. The monoisotopic (exact) mass is 356 g/mol. The van der Waals surface area contributed by atoms with Crippen molar-refractivity contribution < 1.29 is 9.59 Å². The molecule has 1 N–H and O–H groups in total. The molecule has 2 amide bonds. The number of amides is 2. The van der Waals surface area contributed by atoms with Gasteiger partial charge in [0, 0.05) is 31.0 Å². The molecule has 2 aromatic rings. The number of nitrogens with zero attached hydrogens (tertiary/aromatic N) is 3. The van der Waals surface area contributed by atoms with Crippen LogP contribution >= 0.6 is 0 Å². The third kappa shape index (κ3) is 4.31. The quantitative estimate of drug-likeness (QED) is 0.900. The number of rotatable bonds is 4. The first-order valence-corrected chi connectivity index (χ1v) is 8.77. The lowest BCUT2D eigenvalue weighted by Gasteiger charge is -2.23. The molecule has 0 saturated carbocycles. The second-order valence-electron chi connectivity index (χ2n) is 7.77. The molecule has 0 aliphatic rings. The Morgan fingerprint density at radius 1 is 1.15 bits per heavy atom. The molecule has 0 aliphatic carbocycles. The number of anilines is 2. The van der Waals surface area contributed by atoms with E-state index in [9.17, 15) is 9.59 Å². The molecule has 6 heteroatoms. The molecule has 140 valence electrons. The average Bonchev–Trinajstić information content (AvgIpc) is 3.01. The second-order valence-corrected chi connectivity index (χ2v) is 7.77. The van der Waals surface area contributed by atoms with Gasteiger partial charge in [-0.25, -0.2) is 0 Å². The maximum atomic E-state index is 12.6. The zero-order valence-electron chi connectivity index (χ0n) is 16.6. The van der Waals surface area contributed by atoms with Gasteiger partial charge >= 0.3 is 0 Å². The lowest BCUT2D eigenvalue weighted by Crippen LogP contribution is -2.26. The van der Waals surface area contributed by atoms with E-state index in [4.69, 9.17) is 0 Å². The summed E-state index contributed by atoms with van der Waals surface area (Å²) in [6.07, 6.45) is 0. The van der Waals surface area contributed by atoms with Gasteiger partial charge in [-0.05, 0) is 57.0 Å². The van der Waals surface area contributed by atoms with Crippen molar-refractivity contribution >= 4 is 23.2 Å². The number of nitrogens with one attached hydrogen (secondary N) is 1. The number of carbonyl (C=O) groups excluding carboxylic acids is 2. The van der Waals surface area contributed by atoms with Crippen molar-refractivity contribution in [3.63, 3.8) is 0 Å². The molecule has 2 rings (SSSR count). The van der Waals surface area contributed by atoms with Crippen LogP contribution in [0.4, 0.5) is 11.4 Å². The van der Waals surface area contributed by atoms with E-state index >= 15 is 0 Å². The van der Waals surface area contributed by atoms with Crippen LogP contribution in [0, 0.1) is 0 Å². The predicted octanol–water partition coefficient (Wildman–Crippen LogP) is 4.00. The minimum Gasteiger partial charge on any atom is -0.321 e. The van der Waals surface area contributed by atoms with Crippen LogP contribution in [0.5, 0.6) is 0 Å². The van der Waals surface area contributed by atoms with Crippen molar-refractivity contribution in [2.75, 3.05) is 17.3 Å². The van der Waals surface area contributed by atoms with Crippen LogP contribution < -0.4 is 10.2 Å². The van der Waals surface area contributed by atoms with Gasteiger partial charge in [0.15, 0.2) is 5.69 Å². The highest BCUT2D eigenvalue weighted by Gasteiger charge is 2.23. The lowest BCUT2D eigenvalue weighted by molar-refractivity contribution is -0.116. The Bertz CT molecular complexity index is 798. The Balaban J connectivity index is 2.21. The number of benzene rings is 1. The fourth-order valence-electron chi connectivity index (χ4n) is 2.60. The molecule has 0 radical (unpaired) electrons. The van der Waals surface area contributed by atoms with Crippen LogP contribution in [-0.2, 0) is 10.3 Å². The largest absolute Gasteiger partial charge is 0.321 e. The zero-order valence-corrected chi connectivity index (χ0v) is 16.6. The third-order valence-corrected chi connectivity index (χ3v) is 4.18. The van der Waals surface area contributed by atoms with Crippen molar-refractivity contribution in [1.82, 2.24) is 9.78 Å². The number of hydrogen-bond acceptors (Lipinski definition) is 3.